The highest BCUT2D eigenvalue weighted by molar-refractivity contribution is 6.31. The molecule has 2 heterocycles. The fraction of sp³-hybridized carbons (Fsp3) is 0.150. The molecule has 148 valence electrons. The highest BCUT2D eigenvalue weighted by Crippen LogP contribution is 2.30. The Labute approximate surface area is 169 Å². The maximum absolute atomic E-state index is 12.5. The highest BCUT2D eigenvalue weighted by Gasteiger charge is 2.16. The number of aromatic nitrogens is 1. The number of hydrogen-bond donors (Lipinski definition) is 3. The van der Waals surface area contributed by atoms with Crippen LogP contribution in [0, 0.1) is 0 Å². The van der Waals surface area contributed by atoms with E-state index in [1.807, 2.05) is 0 Å². The van der Waals surface area contributed by atoms with Gasteiger partial charge in [-0.1, -0.05) is 11.6 Å². The second-order valence-corrected chi connectivity index (χ2v) is 6.82. The van der Waals surface area contributed by atoms with Crippen molar-refractivity contribution in [1.29, 1.82) is 0 Å². The minimum absolute atomic E-state index is 0.0761. The average molecular weight is 415 g/mol. The lowest BCUT2D eigenvalue weighted by atomic mass is 10.1. The Morgan fingerprint density at radius 2 is 1.86 bits per heavy atom. The molecule has 0 radical (unpaired) electrons. The van der Waals surface area contributed by atoms with Gasteiger partial charge in [0.1, 0.15) is 18.8 Å². The van der Waals surface area contributed by atoms with E-state index in [1.165, 1.54) is 6.07 Å². The molecule has 0 unspecified atom stereocenters. The van der Waals surface area contributed by atoms with Crippen molar-refractivity contribution in [3.05, 3.63) is 68.5 Å². The van der Waals surface area contributed by atoms with Gasteiger partial charge in [-0.25, -0.2) is 4.79 Å². The molecule has 3 aromatic rings. The van der Waals surface area contributed by atoms with Crippen LogP contribution in [0.5, 0.6) is 11.5 Å². The van der Waals surface area contributed by atoms with Crippen molar-refractivity contribution in [1.82, 2.24) is 10.3 Å². The number of amides is 1. The third-order valence-electron chi connectivity index (χ3n) is 4.47. The van der Waals surface area contributed by atoms with Gasteiger partial charge >= 0.3 is 5.97 Å². The minimum atomic E-state index is -1.33. The van der Waals surface area contributed by atoms with Gasteiger partial charge in [-0.05, 0) is 42.0 Å². The fourth-order valence-electron chi connectivity index (χ4n) is 3.12. The summed E-state index contributed by atoms with van der Waals surface area (Å²) in [7, 11) is 0. The Balaban J connectivity index is 1.61. The quantitative estimate of drug-likeness (QED) is 0.604. The van der Waals surface area contributed by atoms with Crippen molar-refractivity contribution in [3.8, 4) is 11.5 Å². The molecule has 8 nitrogen and oxygen atoms in total. The number of hydrogen-bond acceptors (Lipinski definition) is 5. The van der Waals surface area contributed by atoms with Crippen LogP contribution in [-0.2, 0) is 6.54 Å². The molecule has 0 spiro atoms. The second-order valence-electron chi connectivity index (χ2n) is 6.39. The van der Waals surface area contributed by atoms with Crippen LogP contribution >= 0.6 is 11.6 Å². The van der Waals surface area contributed by atoms with E-state index in [-0.39, 0.29) is 18.0 Å². The summed E-state index contributed by atoms with van der Waals surface area (Å²) in [4.78, 5) is 38.3. The lowest BCUT2D eigenvalue weighted by molar-refractivity contribution is 0.0695. The third kappa shape index (κ3) is 3.74. The minimum Gasteiger partial charge on any atom is -0.486 e. The predicted molar refractivity (Wildman–Crippen MR) is 105 cm³/mol. The number of aromatic amines is 1. The van der Waals surface area contributed by atoms with Crippen LogP contribution in [0.2, 0.25) is 5.02 Å². The van der Waals surface area contributed by atoms with Gasteiger partial charge in [0.15, 0.2) is 11.5 Å². The molecule has 1 amide bonds. The number of fused-ring (bicyclic) bond motifs is 2. The summed E-state index contributed by atoms with van der Waals surface area (Å²) in [5.41, 5.74) is 0.235. The molecule has 0 fully saturated rings. The zero-order valence-electron chi connectivity index (χ0n) is 15.0. The number of carbonyl (C=O) groups excluding carboxylic acids is 1. The monoisotopic (exact) mass is 414 g/mol. The lowest BCUT2D eigenvalue weighted by Crippen LogP contribution is -2.24. The van der Waals surface area contributed by atoms with E-state index in [0.717, 1.165) is 0 Å². The first-order chi connectivity index (χ1) is 13.9. The molecule has 1 aliphatic heterocycles. The van der Waals surface area contributed by atoms with Gasteiger partial charge in [0.2, 0.25) is 0 Å². The molecule has 0 saturated carbocycles. The van der Waals surface area contributed by atoms with Crippen LogP contribution < -0.4 is 20.3 Å². The molecule has 0 bridgehead atoms. The largest absolute Gasteiger partial charge is 0.486 e. The van der Waals surface area contributed by atoms with E-state index in [4.69, 9.17) is 26.2 Å². The van der Waals surface area contributed by atoms with Crippen LogP contribution in [0.3, 0.4) is 0 Å². The SMILES string of the molecule is O=C(NCc1cc(Cl)cc2cc(C(=O)O)c(=O)[nH]c12)c1ccc2c(c1)OCCO2. The Hall–Kier alpha value is -3.52. The van der Waals surface area contributed by atoms with Crippen LogP contribution in [0.1, 0.15) is 26.3 Å². The summed E-state index contributed by atoms with van der Waals surface area (Å²) in [5, 5.41) is 12.7. The van der Waals surface area contributed by atoms with Crippen molar-refractivity contribution in [2.45, 2.75) is 6.54 Å². The Bertz CT molecular complexity index is 1200. The molecular weight excluding hydrogens is 400 g/mol. The molecule has 1 aromatic heterocycles. The average Bonchev–Trinajstić information content (AvgIpc) is 2.71. The van der Waals surface area contributed by atoms with Gasteiger partial charge in [-0.3, -0.25) is 9.59 Å². The number of rotatable bonds is 4. The van der Waals surface area contributed by atoms with Crippen molar-refractivity contribution in [3.63, 3.8) is 0 Å². The number of benzene rings is 2. The molecule has 0 atom stereocenters. The first kappa shape index (κ1) is 18.8. The number of carbonyl (C=O) groups is 2. The van der Waals surface area contributed by atoms with E-state index in [0.29, 0.717) is 51.8 Å². The van der Waals surface area contributed by atoms with Gasteiger partial charge in [-0.15, -0.1) is 0 Å². The van der Waals surface area contributed by atoms with E-state index in [9.17, 15) is 14.4 Å². The van der Waals surface area contributed by atoms with Crippen molar-refractivity contribution >= 4 is 34.4 Å². The molecule has 1 aliphatic rings. The Morgan fingerprint density at radius 3 is 2.62 bits per heavy atom. The van der Waals surface area contributed by atoms with Crippen molar-refractivity contribution in [2.24, 2.45) is 0 Å². The number of nitrogens with one attached hydrogen (secondary N) is 2. The van der Waals surface area contributed by atoms with Gasteiger partial charge in [0.25, 0.3) is 11.5 Å². The maximum Gasteiger partial charge on any atom is 0.341 e. The Kier molecular flexibility index (Phi) is 4.85. The topological polar surface area (TPSA) is 118 Å². The van der Waals surface area contributed by atoms with E-state index >= 15 is 0 Å². The van der Waals surface area contributed by atoms with Crippen molar-refractivity contribution < 1.29 is 24.2 Å². The maximum atomic E-state index is 12.5. The van der Waals surface area contributed by atoms with Crippen LogP contribution in [-0.4, -0.2) is 35.2 Å². The van der Waals surface area contributed by atoms with E-state index in [1.54, 1.807) is 30.3 Å². The molecule has 0 saturated heterocycles. The lowest BCUT2D eigenvalue weighted by Gasteiger charge is -2.18. The van der Waals surface area contributed by atoms with Crippen LogP contribution in [0.4, 0.5) is 0 Å². The second kappa shape index (κ2) is 7.48. The first-order valence-corrected chi connectivity index (χ1v) is 9.07. The molecule has 4 rings (SSSR count). The number of carboxylic acid groups (broad SMARTS) is 1. The zero-order chi connectivity index (χ0) is 20.5. The molecule has 29 heavy (non-hydrogen) atoms. The van der Waals surface area contributed by atoms with Crippen LogP contribution in [0.25, 0.3) is 10.9 Å². The zero-order valence-corrected chi connectivity index (χ0v) is 15.7. The third-order valence-corrected chi connectivity index (χ3v) is 4.69. The summed E-state index contributed by atoms with van der Waals surface area (Å²) in [6.45, 7) is 0.952. The molecule has 3 N–H and O–H groups in total. The molecule has 2 aromatic carbocycles. The summed E-state index contributed by atoms with van der Waals surface area (Å²) in [6, 6.07) is 9.30. The summed E-state index contributed by atoms with van der Waals surface area (Å²) in [6.07, 6.45) is 0. The number of carboxylic acids is 1. The van der Waals surface area contributed by atoms with E-state index < -0.39 is 11.5 Å². The first-order valence-electron chi connectivity index (χ1n) is 8.69. The van der Waals surface area contributed by atoms with Gasteiger partial charge in [0, 0.05) is 22.5 Å². The fourth-order valence-corrected chi connectivity index (χ4v) is 3.36. The number of ether oxygens (including phenoxy) is 2. The standard InChI is InChI=1S/C20H15ClN2O6/c21-13-5-11-7-14(20(26)27)19(25)23-17(11)12(6-13)9-22-18(24)10-1-2-15-16(8-10)29-4-3-28-15/h1-2,5-8H,3-4,9H2,(H,22,24)(H,23,25)(H,26,27). The Morgan fingerprint density at radius 1 is 1.10 bits per heavy atom. The van der Waals surface area contributed by atoms with Crippen LogP contribution in [0.15, 0.2) is 41.2 Å². The van der Waals surface area contributed by atoms with Crippen molar-refractivity contribution in [2.75, 3.05) is 13.2 Å². The molecular formula is C20H15ClN2O6. The number of aromatic carboxylic acids is 1. The van der Waals surface area contributed by atoms with E-state index in [2.05, 4.69) is 10.3 Å². The smallest absolute Gasteiger partial charge is 0.341 e. The van der Waals surface area contributed by atoms with Gasteiger partial charge in [0.05, 0.1) is 5.52 Å². The summed E-state index contributed by atoms with van der Waals surface area (Å²) in [5.74, 6) is -0.593. The summed E-state index contributed by atoms with van der Waals surface area (Å²) >= 11 is 6.12. The highest BCUT2D eigenvalue weighted by atomic mass is 35.5. The predicted octanol–water partition coefficient (Wildman–Crippen LogP) is 2.58. The van der Waals surface area contributed by atoms with Gasteiger partial charge < -0.3 is 24.9 Å². The number of H-pyrrole nitrogens is 1. The normalized spacial score (nSPS) is 12.6. The number of halogens is 1. The summed E-state index contributed by atoms with van der Waals surface area (Å²) < 4.78 is 10.9. The molecule has 0 aliphatic carbocycles. The number of pyridine rings is 1. The molecule has 9 heteroatoms. The van der Waals surface area contributed by atoms with Gasteiger partial charge in [-0.2, -0.15) is 0 Å².